The van der Waals surface area contributed by atoms with Crippen LogP contribution < -0.4 is 5.32 Å². The molecule has 1 unspecified atom stereocenters. The van der Waals surface area contributed by atoms with E-state index in [9.17, 15) is 9.18 Å². The van der Waals surface area contributed by atoms with E-state index in [1.807, 2.05) is 11.0 Å². The van der Waals surface area contributed by atoms with Crippen molar-refractivity contribution in [2.45, 2.75) is 43.6 Å². The molecule has 4 rings (SSSR count). The lowest BCUT2D eigenvalue weighted by Crippen LogP contribution is -2.49. The highest BCUT2D eigenvalue weighted by Crippen LogP contribution is 2.47. The van der Waals surface area contributed by atoms with Gasteiger partial charge in [-0.05, 0) is 62.5 Å². The van der Waals surface area contributed by atoms with Crippen LogP contribution in [0.5, 0.6) is 0 Å². The number of nitrogens with one attached hydrogen (secondary N) is 1. The number of rotatable bonds is 1. The SMILES string of the molecule is O=C1N2C(CC[C@H]2c2cc(F)cc(Br)c2)OC12CCNCC2. The molecular formula is C16H18BrFN2O2. The largest absolute Gasteiger partial charge is 0.342 e. The van der Waals surface area contributed by atoms with Gasteiger partial charge in [0.2, 0.25) is 0 Å². The maximum Gasteiger partial charge on any atom is 0.257 e. The van der Waals surface area contributed by atoms with Gasteiger partial charge in [0.05, 0.1) is 6.04 Å². The van der Waals surface area contributed by atoms with Crippen molar-refractivity contribution in [3.05, 3.63) is 34.1 Å². The van der Waals surface area contributed by atoms with Gasteiger partial charge in [0.25, 0.3) is 5.91 Å². The second kappa shape index (κ2) is 5.28. The first-order chi connectivity index (χ1) is 10.6. The standard InChI is InChI=1S/C16H18BrFN2O2/c17-11-7-10(8-12(18)9-11)13-1-2-14-20(13)15(21)16(22-14)3-5-19-6-4-16/h7-9,13-14,19H,1-6H2/t13-,14?/m0/s1. The number of hydrogen-bond donors (Lipinski definition) is 1. The van der Waals surface area contributed by atoms with Crippen molar-refractivity contribution in [1.82, 2.24) is 10.2 Å². The van der Waals surface area contributed by atoms with Gasteiger partial charge < -0.3 is 15.0 Å². The van der Waals surface area contributed by atoms with Crippen LogP contribution in [0.1, 0.15) is 37.3 Å². The lowest BCUT2D eigenvalue weighted by Gasteiger charge is -2.32. The molecular weight excluding hydrogens is 351 g/mol. The maximum atomic E-state index is 13.7. The Kier molecular flexibility index (Phi) is 3.51. The summed E-state index contributed by atoms with van der Waals surface area (Å²) < 4.78 is 20.6. The van der Waals surface area contributed by atoms with Crippen LogP contribution in [0.2, 0.25) is 0 Å². The van der Waals surface area contributed by atoms with Gasteiger partial charge >= 0.3 is 0 Å². The normalized spacial score (nSPS) is 30.1. The Bertz CT molecular complexity index is 598. The minimum absolute atomic E-state index is 0.0845. The second-order valence-corrected chi connectivity index (χ2v) is 7.24. The molecule has 0 bridgehead atoms. The number of nitrogens with zero attached hydrogens (tertiary/aromatic N) is 1. The molecule has 4 nitrogen and oxygen atoms in total. The third kappa shape index (κ3) is 2.20. The molecule has 1 aromatic rings. The van der Waals surface area contributed by atoms with E-state index < -0.39 is 5.60 Å². The Morgan fingerprint density at radius 3 is 2.77 bits per heavy atom. The quantitative estimate of drug-likeness (QED) is 0.828. The second-order valence-electron chi connectivity index (χ2n) is 6.33. The van der Waals surface area contributed by atoms with Crippen molar-refractivity contribution in [1.29, 1.82) is 0 Å². The Labute approximate surface area is 137 Å². The number of amides is 1. The number of ether oxygens (including phenoxy) is 1. The molecule has 2 atom stereocenters. The average molecular weight is 369 g/mol. The van der Waals surface area contributed by atoms with Crippen LogP contribution in [-0.2, 0) is 9.53 Å². The number of carbonyl (C=O) groups excluding carboxylic acids is 1. The van der Waals surface area contributed by atoms with Crippen LogP contribution in [0.15, 0.2) is 22.7 Å². The third-order valence-electron chi connectivity index (χ3n) is 5.00. The van der Waals surface area contributed by atoms with Crippen molar-refractivity contribution >= 4 is 21.8 Å². The van der Waals surface area contributed by atoms with Crippen LogP contribution in [0, 0.1) is 5.82 Å². The molecule has 6 heteroatoms. The fourth-order valence-corrected chi connectivity index (χ4v) is 4.45. The monoisotopic (exact) mass is 368 g/mol. The summed E-state index contributed by atoms with van der Waals surface area (Å²) in [6, 6.07) is 4.78. The lowest BCUT2D eigenvalue weighted by molar-refractivity contribution is -0.140. The Morgan fingerprint density at radius 1 is 1.27 bits per heavy atom. The number of hydrogen-bond acceptors (Lipinski definition) is 3. The van der Waals surface area contributed by atoms with E-state index in [4.69, 9.17) is 4.74 Å². The highest BCUT2D eigenvalue weighted by atomic mass is 79.9. The molecule has 1 spiro atoms. The summed E-state index contributed by atoms with van der Waals surface area (Å²) in [5.41, 5.74) is 0.191. The number of benzene rings is 1. The highest BCUT2D eigenvalue weighted by Gasteiger charge is 2.57. The van der Waals surface area contributed by atoms with Gasteiger partial charge in [-0.15, -0.1) is 0 Å². The zero-order chi connectivity index (χ0) is 15.3. The predicted octanol–water partition coefficient (Wildman–Crippen LogP) is 2.73. The molecule has 3 aliphatic rings. The topological polar surface area (TPSA) is 41.6 Å². The summed E-state index contributed by atoms with van der Waals surface area (Å²) in [5.74, 6) is -0.196. The molecule has 3 aliphatic heterocycles. The van der Waals surface area contributed by atoms with Crippen molar-refractivity contribution in [2.24, 2.45) is 0 Å². The fourth-order valence-electron chi connectivity index (χ4n) is 3.97. The fraction of sp³-hybridized carbons (Fsp3) is 0.562. The Morgan fingerprint density at radius 2 is 2.05 bits per heavy atom. The highest BCUT2D eigenvalue weighted by molar-refractivity contribution is 9.10. The van der Waals surface area contributed by atoms with Crippen molar-refractivity contribution < 1.29 is 13.9 Å². The van der Waals surface area contributed by atoms with Crippen LogP contribution in [0.4, 0.5) is 4.39 Å². The van der Waals surface area contributed by atoms with Crippen LogP contribution in [0.25, 0.3) is 0 Å². The van der Waals surface area contributed by atoms with Crippen molar-refractivity contribution in [2.75, 3.05) is 13.1 Å². The summed E-state index contributed by atoms with van der Waals surface area (Å²) in [7, 11) is 0. The molecule has 0 radical (unpaired) electrons. The zero-order valence-electron chi connectivity index (χ0n) is 12.1. The van der Waals surface area contributed by atoms with Gasteiger partial charge in [0.1, 0.15) is 12.0 Å². The van der Waals surface area contributed by atoms with Gasteiger partial charge in [-0.2, -0.15) is 0 Å². The van der Waals surface area contributed by atoms with Crippen molar-refractivity contribution in [3.8, 4) is 0 Å². The van der Waals surface area contributed by atoms with Gasteiger partial charge in [-0.3, -0.25) is 4.79 Å². The molecule has 118 valence electrons. The molecule has 0 saturated carbocycles. The third-order valence-corrected chi connectivity index (χ3v) is 5.46. The van der Waals surface area contributed by atoms with Gasteiger partial charge in [-0.1, -0.05) is 15.9 Å². The van der Waals surface area contributed by atoms with Gasteiger partial charge in [-0.25, -0.2) is 4.39 Å². The first-order valence-electron chi connectivity index (χ1n) is 7.76. The molecule has 1 aromatic carbocycles. The van der Waals surface area contributed by atoms with Crippen molar-refractivity contribution in [3.63, 3.8) is 0 Å². The molecule has 3 heterocycles. The Balaban J connectivity index is 1.65. The summed E-state index contributed by atoms with van der Waals surface area (Å²) >= 11 is 3.33. The number of piperidine rings is 1. The van der Waals surface area contributed by atoms with E-state index in [0.29, 0.717) is 4.47 Å². The van der Waals surface area contributed by atoms with E-state index in [2.05, 4.69) is 21.2 Å². The number of halogens is 2. The number of carbonyl (C=O) groups is 1. The predicted molar refractivity (Wildman–Crippen MR) is 82.6 cm³/mol. The average Bonchev–Trinajstić information content (AvgIpc) is 2.99. The van der Waals surface area contributed by atoms with Crippen LogP contribution >= 0.6 is 15.9 Å². The summed E-state index contributed by atoms with van der Waals surface area (Å²) in [6.07, 6.45) is 2.93. The van der Waals surface area contributed by atoms with E-state index >= 15 is 0 Å². The van der Waals surface area contributed by atoms with E-state index in [1.54, 1.807) is 0 Å². The lowest BCUT2D eigenvalue weighted by atomic mass is 9.90. The van der Waals surface area contributed by atoms with E-state index in [0.717, 1.165) is 44.3 Å². The van der Waals surface area contributed by atoms with Gasteiger partial charge in [0, 0.05) is 4.47 Å². The molecule has 0 aliphatic carbocycles. The molecule has 22 heavy (non-hydrogen) atoms. The first kappa shape index (κ1) is 14.6. The van der Waals surface area contributed by atoms with E-state index in [1.165, 1.54) is 12.1 Å². The molecule has 3 fully saturated rings. The minimum Gasteiger partial charge on any atom is -0.342 e. The van der Waals surface area contributed by atoms with Crippen LogP contribution in [-0.4, -0.2) is 35.7 Å². The summed E-state index contributed by atoms with van der Waals surface area (Å²) in [4.78, 5) is 14.8. The summed E-state index contributed by atoms with van der Waals surface area (Å²) in [6.45, 7) is 1.62. The van der Waals surface area contributed by atoms with Crippen LogP contribution in [0.3, 0.4) is 0 Å². The first-order valence-corrected chi connectivity index (χ1v) is 8.56. The molecule has 3 saturated heterocycles. The summed E-state index contributed by atoms with van der Waals surface area (Å²) in [5, 5.41) is 3.27. The van der Waals surface area contributed by atoms with E-state index in [-0.39, 0.29) is 24.0 Å². The molecule has 1 amide bonds. The molecule has 0 aromatic heterocycles. The maximum absolute atomic E-state index is 13.7. The Hall–Kier alpha value is -0.980. The minimum atomic E-state index is -0.654. The molecule has 1 N–H and O–H groups in total. The smallest absolute Gasteiger partial charge is 0.257 e. The number of fused-ring (bicyclic) bond motifs is 1. The van der Waals surface area contributed by atoms with Gasteiger partial charge in [0.15, 0.2) is 5.60 Å². The zero-order valence-corrected chi connectivity index (χ0v) is 13.7.